The number of rotatable bonds is 6. The number of anilines is 2. The second-order valence-electron chi connectivity index (χ2n) is 6.64. The van der Waals surface area contributed by atoms with Crippen molar-refractivity contribution < 1.29 is 9.59 Å². The van der Waals surface area contributed by atoms with Gasteiger partial charge in [0.25, 0.3) is 5.91 Å². The largest absolute Gasteiger partial charge is 0.298 e. The molecular formula is C23H17ClN4O2S2. The zero-order valence-electron chi connectivity index (χ0n) is 16.8. The Labute approximate surface area is 197 Å². The molecule has 0 atom stereocenters. The second kappa shape index (κ2) is 9.86. The van der Waals surface area contributed by atoms with Gasteiger partial charge in [-0.2, -0.15) is 0 Å². The molecule has 32 heavy (non-hydrogen) atoms. The van der Waals surface area contributed by atoms with Gasteiger partial charge in [-0.05, 0) is 30.7 Å². The highest BCUT2D eigenvalue weighted by atomic mass is 35.5. The molecule has 0 fully saturated rings. The standard InChI is InChI=1S/C23H17ClN4O2S2/c1-14-20(32-23(25-14)28-21(30)16-9-5-6-10-17(16)24)18-13-31-22(26-18)27-19(29)12-11-15-7-3-2-4-8-15/h2-13H,1H3,(H,25,28,30)(H,26,27,29)/b12-11+. The summed E-state index contributed by atoms with van der Waals surface area (Å²) in [6.45, 7) is 1.84. The number of hydrogen-bond acceptors (Lipinski definition) is 6. The van der Waals surface area contributed by atoms with Gasteiger partial charge in [-0.1, -0.05) is 65.4 Å². The Morgan fingerprint density at radius 1 is 0.969 bits per heavy atom. The van der Waals surface area contributed by atoms with Crippen LogP contribution in [0.4, 0.5) is 10.3 Å². The van der Waals surface area contributed by atoms with Crippen LogP contribution in [0.25, 0.3) is 16.6 Å². The minimum absolute atomic E-state index is 0.261. The molecule has 0 unspecified atom stereocenters. The van der Waals surface area contributed by atoms with E-state index in [4.69, 9.17) is 11.6 Å². The number of aryl methyl sites for hydroxylation is 1. The lowest BCUT2D eigenvalue weighted by atomic mass is 10.2. The lowest BCUT2D eigenvalue weighted by molar-refractivity contribution is -0.111. The molecule has 2 aromatic heterocycles. The third-order valence-electron chi connectivity index (χ3n) is 4.33. The molecule has 0 aliphatic carbocycles. The van der Waals surface area contributed by atoms with Crippen LogP contribution in [0.2, 0.25) is 5.02 Å². The highest BCUT2D eigenvalue weighted by Crippen LogP contribution is 2.34. The molecule has 2 amide bonds. The van der Waals surface area contributed by atoms with E-state index in [9.17, 15) is 9.59 Å². The molecule has 0 aliphatic heterocycles. The predicted octanol–water partition coefficient (Wildman–Crippen LogP) is 6.13. The maximum absolute atomic E-state index is 12.5. The average molecular weight is 481 g/mol. The van der Waals surface area contributed by atoms with Gasteiger partial charge in [-0.25, -0.2) is 9.97 Å². The first-order valence-corrected chi connectivity index (χ1v) is 11.6. The van der Waals surface area contributed by atoms with Crippen LogP contribution in [0.15, 0.2) is 66.1 Å². The van der Waals surface area contributed by atoms with Gasteiger partial charge in [0, 0.05) is 11.5 Å². The van der Waals surface area contributed by atoms with Gasteiger partial charge in [0.05, 0.1) is 26.9 Å². The smallest absolute Gasteiger partial charge is 0.258 e. The topological polar surface area (TPSA) is 84.0 Å². The molecular weight excluding hydrogens is 464 g/mol. The number of benzene rings is 2. The summed E-state index contributed by atoms with van der Waals surface area (Å²) in [6.07, 6.45) is 3.21. The van der Waals surface area contributed by atoms with E-state index in [1.165, 1.54) is 28.7 Å². The number of halogens is 1. The first kappa shape index (κ1) is 21.9. The van der Waals surface area contributed by atoms with Crippen molar-refractivity contribution in [2.45, 2.75) is 6.92 Å². The Kier molecular flexibility index (Phi) is 6.75. The molecule has 4 aromatic rings. The molecule has 0 saturated heterocycles. The van der Waals surface area contributed by atoms with Gasteiger partial charge in [0.15, 0.2) is 10.3 Å². The van der Waals surface area contributed by atoms with E-state index in [2.05, 4.69) is 20.6 Å². The first-order valence-electron chi connectivity index (χ1n) is 9.53. The number of carbonyl (C=O) groups is 2. The second-order valence-corrected chi connectivity index (χ2v) is 8.90. The van der Waals surface area contributed by atoms with Gasteiger partial charge in [0.1, 0.15) is 0 Å². The molecule has 4 rings (SSSR count). The average Bonchev–Trinajstić information content (AvgIpc) is 3.39. The van der Waals surface area contributed by atoms with Crippen molar-refractivity contribution in [3.63, 3.8) is 0 Å². The Hall–Kier alpha value is -3.33. The molecule has 2 heterocycles. The molecule has 0 radical (unpaired) electrons. The zero-order chi connectivity index (χ0) is 22.5. The van der Waals surface area contributed by atoms with E-state index >= 15 is 0 Å². The number of thiazole rings is 2. The molecule has 2 N–H and O–H groups in total. The van der Waals surface area contributed by atoms with Crippen molar-refractivity contribution in [3.05, 3.63) is 87.9 Å². The molecule has 0 saturated carbocycles. The van der Waals surface area contributed by atoms with E-state index in [0.29, 0.717) is 26.5 Å². The van der Waals surface area contributed by atoms with Crippen molar-refractivity contribution in [3.8, 4) is 10.6 Å². The van der Waals surface area contributed by atoms with E-state index in [1.54, 1.807) is 30.3 Å². The van der Waals surface area contributed by atoms with Crippen LogP contribution in [0.5, 0.6) is 0 Å². The Balaban J connectivity index is 1.43. The zero-order valence-corrected chi connectivity index (χ0v) is 19.2. The number of aromatic nitrogens is 2. The molecule has 160 valence electrons. The van der Waals surface area contributed by atoms with Crippen LogP contribution in [-0.4, -0.2) is 21.8 Å². The van der Waals surface area contributed by atoms with Crippen LogP contribution in [-0.2, 0) is 4.79 Å². The summed E-state index contributed by atoms with van der Waals surface area (Å²) in [5.41, 5.74) is 2.74. The summed E-state index contributed by atoms with van der Waals surface area (Å²) in [6, 6.07) is 16.4. The third kappa shape index (κ3) is 5.28. The highest BCUT2D eigenvalue weighted by Gasteiger charge is 2.17. The highest BCUT2D eigenvalue weighted by molar-refractivity contribution is 7.20. The quantitative estimate of drug-likeness (QED) is 0.325. The molecule has 0 bridgehead atoms. The van der Waals surface area contributed by atoms with Crippen LogP contribution >= 0.6 is 34.3 Å². The van der Waals surface area contributed by atoms with Crippen molar-refractivity contribution in [1.29, 1.82) is 0 Å². The lowest BCUT2D eigenvalue weighted by Gasteiger charge is -2.03. The van der Waals surface area contributed by atoms with Gasteiger partial charge >= 0.3 is 0 Å². The van der Waals surface area contributed by atoms with E-state index < -0.39 is 0 Å². The van der Waals surface area contributed by atoms with Crippen molar-refractivity contribution >= 4 is 62.4 Å². The normalized spacial score (nSPS) is 10.9. The summed E-state index contributed by atoms with van der Waals surface area (Å²) in [5, 5.41) is 8.71. The van der Waals surface area contributed by atoms with Crippen LogP contribution < -0.4 is 10.6 Å². The third-order valence-corrected chi connectivity index (χ3v) is 6.51. The first-order chi connectivity index (χ1) is 15.5. The van der Waals surface area contributed by atoms with Gasteiger partial charge < -0.3 is 0 Å². The summed E-state index contributed by atoms with van der Waals surface area (Å²) < 4.78 is 0. The Morgan fingerprint density at radius 3 is 2.50 bits per heavy atom. The molecule has 0 aliphatic rings. The summed E-state index contributed by atoms with van der Waals surface area (Å²) >= 11 is 8.73. The summed E-state index contributed by atoms with van der Waals surface area (Å²) in [4.78, 5) is 34.4. The van der Waals surface area contributed by atoms with Gasteiger partial charge in [0.2, 0.25) is 5.91 Å². The molecule has 6 nitrogen and oxygen atoms in total. The lowest BCUT2D eigenvalue weighted by Crippen LogP contribution is -2.12. The van der Waals surface area contributed by atoms with Gasteiger partial charge in [-0.3, -0.25) is 20.2 Å². The number of nitrogens with zero attached hydrogens (tertiary/aromatic N) is 2. The minimum atomic E-state index is -0.327. The Morgan fingerprint density at radius 2 is 1.72 bits per heavy atom. The maximum Gasteiger partial charge on any atom is 0.258 e. The molecule has 0 spiro atoms. The fourth-order valence-corrected chi connectivity index (χ4v) is 4.74. The van der Waals surface area contributed by atoms with E-state index in [-0.39, 0.29) is 11.8 Å². The Bertz CT molecular complexity index is 1300. The monoisotopic (exact) mass is 480 g/mol. The fraction of sp³-hybridized carbons (Fsp3) is 0.0435. The van der Waals surface area contributed by atoms with Crippen molar-refractivity contribution in [2.75, 3.05) is 10.6 Å². The van der Waals surface area contributed by atoms with Crippen molar-refractivity contribution in [1.82, 2.24) is 9.97 Å². The van der Waals surface area contributed by atoms with Crippen molar-refractivity contribution in [2.24, 2.45) is 0 Å². The molecule has 2 aromatic carbocycles. The number of hydrogen-bond donors (Lipinski definition) is 2. The number of carbonyl (C=O) groups excluding carboxylic acids is 2. The number of amides is 2. The maximum atomic E-state index is 12.5. The van der Waals surface area contributed by atoms with Crippen LogP contribution in [0.3, 0.4) is 0 Å². The van der Waals surface area contributed by atoms with Crippen LogP contribution in [0.1, 0.15) is 21.6 Å². The van der Waals surface area contributed by atoms with E-state index in [0.717, 1.165) is 16.1 Å². The SMILES string of the molecule is Cc1nc(NC(=O)c2ccccc2Cl)sc1-c1csc(NC(=O)/C=C/c2ccccc2)n1. The van der Waals surface area contributed by atoms with Gasteiger partial charge in [-0.15, -0.1) is 11.3 Å². The summed E-state index contributed by atoms with van der Waals surface area (Å²) in [7, 11) is 0. The minimum Gasteiger partial charge on any atom is -0.298 e. The summed E-state index contributed by atoms with van der Waals surface area (Å²) in [5.74, 6) is -0.587. The predicted molar refractivity (Wildman–Crippen MR) is 131 cm³/mol. The fourth-order valence-electron chi connectivity index (χ4n) is 2.82. The molecule has 9 heteroatoms. The van der Waals surface area contributed by atoms with E-state index in [1.807, 2.05) is 42.6 Å². The van der Waals surface area contributed by atoms with Crippen LogP contribution in [0, 0.1) is 6.92 Å². The number of nitrogens with one attached hydrogen (secondary N) is 2.